The minimum Gasteiger partial charge on any atom is -0.462 e. The predicted octanol–water partition coefficient (Wildman–Crippen LogP) is 1.71. The zero-order valence-electron chi connectivity index (χ0n) is 10.1. The van der Waals surface area contributed by atoms with E-state index < -0.39 is 16.8 Å². The Hall–Kier alpha value is -1.36. The van der Waals surface area contributed by atoms with Gasteiger partial charge in [0.2, 0.25) is 0 Å². The van der Waals surface area contributed by atoms with Crippen LogP contribution in [0, 0.1) is 0 Å². The Labute approximate surface area is 104 Å². The maximum atomic E-state index is 11.8. The molecule has 0 bridgehead atoms. The van der Waals surface area contributed by atoms with Crippen molar-refractivity contribution in [1.82, 2.24) is 0 Å². The van der Waals surface area contributed by atoms with Crippen LogP contribution >= 0.6 is 0 Å². The third-order valence-electron chi connectivity index (χ3n) is 2.18. The first-order chi connectivity index (χ1) is 8.06. The van der Waals surface area contributed by atoms with Gasteiger partial charge in [-0.1, -0.05) is 19.1 Å². The van der Waals surface area contributed by atoms with E-state index in [-0.39, 0.29) is 0 Å². The first-order valence-corrected chi connectivity index (χ1v) is 7.13. The van der Waals surface area contributed by atoms with E-state index in [1.807, 2.05) is 6.92 Å². The average Bonchev–Trinajstić information content (AvgIpc) is 2.25. The molecule has 0 aliphatic rings. The fraction of sp³-hybridized carbons (Fsp3) is 0.417. The summed E-state index contributed by atoms with van der Waals surface area (Å²) in [4.78, 5) is 11.8. The number of carbonyl (C=O) groups is 1. The molecule has 0 fully saturated rings. The van der Waals surface area contributed by atoms with E-state index in [2.05, 4.69) is 0 Å². The molecule has 0 amide bonds. The molecule has 0 saturated heterocycles. The molecule has 4 nitrogen and oxygen atoms in total. The number of hydrogen-bond acceptors (Lipinski definition) is 4. The summed E-state index contributed by atoms with van der Waals surface area (Å²) in [6.45, 7) is 2.28. The summed E-state index contributed by atoms with van der Waals surface area (Å²) in [5.74, 6) is -0.132. The highest BCUT2D eigenvalue weighted by Crippen LogP contribution is 2.19. The molecule has 1 atom stereocenters. The number of hydrogen-bond donors (Lipinski definition) is 1. The number of ether oxygens (including phenoxy) is 1. The van der Waals surface area contributed by atoms with Gasteiger partial charge in [0.25, 0.3) is 0 Å². The van der Waals surface area contributed by atoms with Gasteiger partial charge in [-0.2, -0.15) is 0 Å². The molecule has 0 aromatic heterocycles. The lowest BCUT2D eigenvalue weighted by Gasteiger charge is -2.10. The van der Waals surface area contributed by atoms with Crippen LogP contribution in [-0.2, 0) is 21.3 Å². The third kappa shape index (κ3) is 3.85. The Balaban J connectivity index is 3.02. The minimum atomic E-state index is -1.02. The van der Waals surface area contributed by atoms with E-state index in [4.69, 9.17) is 10.5 Å². The maximum absolute atomic E-state index is 11.8. The van der Waals surface area contributed by atoms with Crippen molar-refractivity contribution in [2.24, 2.45) is 0 Å². The maximum Gasteiger partial charge on any atom is 0.340 e. The Bertz CT molecular complexity index is 432. The number of anilines is 1. The number of nitrogen functional groups attached to an aromatic ring is 1. The zero-order chi connectivity index (χ0) is 12.8. The molecule has 0 aliphatic heterocycles. The Kier molecular flexibility index (Phi) is 5.15. The first-order valence-electron chi connectivity index (χ1n) is 5.40. The summed E-state index contributed by atoms with van der Waals surface area (Å²) in [5, 5.41) is 0. The van der Waals surface area contributed by atoms with Gasteiger partial charge in [0, 0.05) is 28.5 Å². The molecule has 1 aromatic rings. The highest BCUT2D eigenvalue weighted by atomic mass is 32.2. The normalized spacial score (nSPS) is 12.1. The van der Waals surface area contributed by atoms with Crippen LogP contribution in [0.4, 0.5) is 5.69 Å². The topological polar surface area (TPSA) is 69.4 Å². The number of esters is 1. The lowest BCUT2D eigenvalue weighted by molar-refractivity contribution is 0.0505. The van der Waals surface area contributed by atoms with Crippen LogP contribution < -0.4 is 5.73 Å². The quantitative estimate of drug-likeness (QED) is 0.642. The van der Waals surface area contributed by atoms with Gasteiger partial charge >= 0.3 is 5.97 Å². The van der Waals surface area contributed by atoms with Crippen molar-refractivity contribution in [3.63, 3.8) is 0 Å². The summed E-state index contributed by atoms with van der Waals surface area (Å²) in [6, 6.07) is 5.14. The average molecular weight is 255 g/mol. The van der Waals surface area contributed by atoms with Crippen molar-refractivity contribution >= 4 is 22.5 Å². The highest BCUT2D eigenvalue weighted by molar-refractivity contribution is 7.83. The zero-order valence-corrected chi connectivity index (χ0v) is 10.9. The summed E-state index contributed by atoms with van der Waals surface area (Å²) >= 11 is 0. The molecule has 0 heterocycles. The smallest absolute Gasteiger partial charge is 0.340 e. The van der Waals surface area contributed by atoms with Gasteiger partial charge in [-0.3, -0.25) is 4.21 Å². The fourth-order valence-corrected chi connectivity index (χ4v) is 2.15. The van der Waals surface area contributed by atoms with Gasteiger partial charge in [0.05, 0.1) is 12.2 Å². The van der Waals surface area contributed by atoms with Crippen molar-refractivity contribution in [3.05, 3.63) is 29.3 Å². The second kappa shape index (κ2) is 6.39. The van der Waals surface area contributed by atoms with Crippen LogP contribution in [0.15, 0.2) is 18.2 Å². The monoisotopic (exact) mass is 255 g/mol. The molecule has 0 radical (unpaired) electrons. The van der Waals surface area contributed by atoms with E-state index in [1.165, 1.54) is 0 Å². The molecule has 1 rings (SSSR count). The molecule has 1 unspecified atom stereocenters. The van der Waals surface area contributed by atoms with Gasteiger partial charge in [0.1, 0.15) is 0 Å². The third-order valence-corrected chi connectivity index (χ3v) is 2.90. The van der Waals surface area contributed by atoms with Crippen molar-refractivity contribution < 1.29 is 13.7 Å². The predicted molar refractivity (Wildman–Crippen MR) is 69.2 cm³/mol. The molecule has 17 heavy (non-hydrogen) atoms. The first kappa shape index (κ1) is 13.7. The van der Waals surface area contributed by atoms with Gasteiger partial charge in [-0.05, 0) is 18.1 Å². The Morgan fingerprint density at radius 1 is 1.47 bits per heavy atom. The van der Waals surface area contributed by atoms with Crippen molar-refractivity contribution in [2.75, 3.05) is 18.6 Å². The summed E-state index contributed by atoms with van der Waals surface area (Å²) in [6.07, 6.45) is 2.35. The lowest BCUT2D eigenvalue weighted by atomic mass is 10.1. The van der Waals surface area contributed by atoms with E-state index in [9.17, 15) is 9.00 Å². The van der Waals surface area contributed by atoms with Gasteiger partial charge < -0.3 is 10.5 Å². The summed E-state index contributed by atoms with van der Waals surface area (Å²) in [7, 11) is -1.02. The molecule has 0 spiro atoms. The SMILES string of the molecule is CCCOC(=O)c1c(N)cccc1CS(C)=O. The van der Waals surface area contributed by atoms with Crippen LogP contribution in [0.2, 0.25) is 0 Å². The largest absolute Gasteiger partial charge is 0.462 e. The summed E-state index contributed by atoms with van der Waals surface area (Å²) < 4.78 is 16.3. The number of rotatable bonds is 5. The van der Waals surface area contributed by atoms with Crippen molar-refractivity contribution in [2.45, 2.75) is 19.1 Å². The second-order valence-corrected chi connectivity index (χ2v) is 5.17. The highest BCUT2D eigenvalue weighted by Gasteiger charge is 2.16. The Morgan fingerprint density at radius 2 is 2.18 bits per heavy atom. The minimum absolute atomic E-state index is 0.307. The van der Waals surface area contributed by atoms with Gasteiger partial charge in [-0.15, -0.1) is 0 Å². The molecule has 2 N–H and O–H groups in total. The van der Waals surface area contributed by atoms with Crippen molar-refractivity contribution in [1.29, 1.82) is 0 Å². The van der Waals surface area contributed by atoms with E-state index in [0.717, 1.165) is 6.42 Å². The number of carbonyl (C=O) groups excluding carboxylic acids is 1. The van der Waals surface area contributed by atoms with Crippen LogP contribution in [0.3, 0.4) is 0 Å². The number of nitrogens with two attached hydrogens (primary N) is 1. The van der Waals surface area contributed by atoms with Crippen LogP contribution in [0.25, 0.3) is 0 Å². The van der Waals surface area contributed by atoms with Crippen LogP contribution in [0.1, 0.15) is 29.3 Å². The molecular weight excluding hydrogens is 238 g/mol. The van der Waals surface area contributed by atoms with E-state index >= 15 is 0 Å². The van der Waals surface area contributed by atoms with Gasteiger partial charge in [-0.25, -0.2) is 4.79 Å². The van der Waals surface area contributed by atoms with Crippen molar-refractivity contribution in [3.8, 4) is 0 Å². The molecule has 94 valence electrons. The second-order valence-electron chi connectivity index (χ2n) is 3.73. The summed E-state index contributed by atoms with van der Waals surface area (Å²) in [5.41, 5.74) is 7.16. The van der Waals surface area contributed by atoms with Crippen LogP contribution in [-0.4, -0.2) is 23.0 Å². The Morgan fingerprint density at radius 3 is 2.76 bits per heavy atom. The molecule has 0 aliphatic carbocycles. The van der Waals surface area contributed by atoms with E-state index in [1.54, 1.807) is 24.5 Å². The standard InChI is InChI=1S/C12H17NO3S/c1-3-7-16-12(14)11-9(8-17(2)15)5-4-6-10(11)13/h4-6H,3,7-8,13H2,1-2H3. The fourth-order valence-electron chi connectivity index (χ4n) is 1.48. The molecule has 5 heteroatoms. The molecular formula is C12H17NO3S. The molecule has 1 aromatic carbocycles. The van der Waals surface area contributed by atoms with Crippen LogP contribution in [0.5, 0.6) is 0 Å². The lowest BCUT2D eigenvalue weighted by Crippen LogP contribution is -2.12. The van der Waals surface area contributed by atoms with Gasteiger partial charge in [0.15, 0.2) is 0 Å². The van der Waals surface area contributed by atoms with E-state index in [0.29, 0.717) is 29.2 Å². The number of benzene rings is 1. The molecule has 0 saturated carbocycles.